The molecule has 0 spiro atoms. The highest BCUT2D eigenvalue weighted by Crippen LogP contribution is 2.39. The Kier molecular flexibility index (Phi) is 9.72. The summed E-state index contributed by atoms with van der Waals surface area (Å²) in [4.78, 5) is 2.35. The molecule has 0 atom stereocenters. The zero-order valence-corrected chi connectivity index (χ0v) is 34.4. The molecule has 1 aliphatic rings. The fraction of sp³-hybridized carbons (Fsp3) is 0.0333. The van der Waals surface area contributed by atoms with E-state index in [-0.39, 0.29) is 0 Å². The third kappa shape index (κ3) is 7.12. The van der Waals surface area contributed by atoms with Crippen molar-refractivity contribution in [2.24, 2.45) is 0 Å². The quantitative estimate of drug-likeness (QED) is 0.141. The van der Waals surface area contributed by atoms with Crippen molar-refractivity contribution in [3.63, 3.8) is 0 Å². The zero-order valence-electron chi connectivity index (χ0n) is 34.4. The summed E-state index contributed by atoms with van der Waals surface area (Å²) >= 11 is 0. The van der Waals surface area contributed by atoms with E-state index in [1.54, 1.807) is 0 Å². The van der Waals surface area contributed by atoms with Crippen molar-refractivity contribution in [1.29, 1.82) is 0 Å². The predicted octanol–water partition coefficient (Wildman–Crippen LogP) is 16.7. The van der Waals surface area contributed by atoms with Gasteiger partial charge in [-0.05, 0) is 141 Å². The highest BCUT2D eigenvalue weighted by Gasteiger charge is 2.16. The number of rotatable bonds is 9. The van der Waals surface area contributed by atoms with Crippen LogP contribution in [-0.2, 0) is 0 Å². The summed E-state index contributed by atoms with van der Waals surface area (Å²) in [5.41, 5.74) is 19.1. The van der Waals surface area contributed by atoms with Gasteiger partial charge in [0.25, 0.3) is 0 Å². The number of allylic oxidation sites excluding steroid dienone is 4. The monoisotopic (exact) mass is 792 g/mol. The SMILES string of the molecule is C1=CC(c2ccc(N(c3ccc(-c4ccccc4)cc3)c3ccc(-c4cccc(-c5ccc6c(c5)c5ccccc5n6-c5ccc(-c6ccccc6)cc5)c4)cc3)cc2)=CCC1. The number of hydrogen-bond acceptors (Lipinski definition) is 1. The zero-order chi connectivity index (χ0) is 41.2. The van der Waals surface area contributed by atoms with Crippen LogP contribution in [0, 0.1) is 0 Å². The number of nitrogens with zero attached hydrogens (tertiary/aromatic N) is 2. The Hall–Kier alpha value is -7.94. The minimum absolute atomic E-state index is 1.09. The molecule has 0 unspecified atom stereocenters. The van der Waals surface area contributed by atoms with Crippen molar-refractivity contribution in [1.82, 2.24) is 4.57 Å². The molecule has 0 aliphatic heterocycles. The maximum atomic E-state index is 2.39. The summed E-state index contributed by atoms with van der Waals surface area (Å²) in [6.07, 6.45) is 9.06. The van der Waals surface area contributed by atoms with Crippen molar-refractivity contribution in [2.75, 3.05) is 4.90 Å². The van der Waals surface area contributed by atoms with Crippen molar-refractivity contribution in [2.45, 2.75) is 12.8 Å². The fourth-order valence-electron chi connectivity index (χ4n) is 9.06. The standard InChI is InChI=1S/C60H44N2/c1-4-13-43(14-5-1)46-23-32-53(33-24-46)61(54-34-25-47(26-35-54)44-15-6-2-7-16-44)55-36-29-49(30-37-55)50-19-12-20-51(41-50)52-31-40-60-58(42-52)57-21-10-11-22-59(57)62(60)56-38-27-48(28-39-56)45-17-8-3-9-18-45/h1,3-6,8-42H,2,7H2. The minimum atomic E-state index is 1.09. The van der Waals surface area contributed by atoms with Crippen LogP contribution >= 0.6 is 0 Å². The molecule has 0 radical (unpaired) electrons. The van der Waals surface area contributed by atoms with Gasteiger partial charge in [-0.2, -0.15) is 0 Å². The predicted molar refractivity (Wildman–Crippen MR) is 264 cm³/mol. The molecule has 0 fully saturated rings. The van der Waals surface area contributed by atoms with Crippen LogP contribution in [-0.4, -0.2) is 4.57 Å². The third-order valence-electron chi connectivity index (χ3n) is 12.2. The lowest BCUT2D eigenvalue weighted by Gasteiger charge is -2.26. The maximum Gasteiger partial charge on any atom is 0.0541 e. The number of anilines is 3. The molecule has 2 heteroatoms. The van der Waals surface area contributed by atoms with Crippen LogP contribution in [0.4, 0.5) is 17.1 Å². The topological polar surface area (TPSA) is 8.17 Å². The molecule has 1 aliphatic carbocycles. The first-order valence-corrected chi connectivity index (χ1v) is 21.6. The van der Waals surface area contributed by atoms with Gasteiger partial charge in [-0.3, -0.25) is 0 Å². The third-order valence-corrected chi connectivity index (χ3v) is 12.2. The number of hydrogen-bond donors (Lipinski definition) is 0. The van der Waals surface area contributed by atoms with Gasteiger partial charge in [0.05, 0.1) is 11.0 Å². The van der Waals surface area contributed by atoms with Crippen molar-refractivity contribution < 1.29 is 0 Å². The number of para-hydroxylation sites is 1. The van der Waals surface area contributed by atoms with Crippen LogP contribution in [0.25, 0.3) is 77.6 Å². The summed E-state index contributed by atoms with van der Waals surface area (Å²) in [6.45, 7) is 0. The summed E-state index contributed by atoms with van der Waals surface area (Å²) in [6, 6.07) is 81.6. The lowest BCUT2D eigenvalue weighted by molar-refractivity contribution is 1.04. The Morgan fingerprint density at radius 1 is 0.323 bits per heavy atom. The second-order valence-electron chi connectivity index (χ2n) is 16.1. The van der Waals surface area contributed by atoms with Crippen molar-refractivity contribution >= 4 is 44.4 Å². The first kappa shape index (κ1) is 37.1. The molecule has 9 aromatic carbocycles. The molecule has 0 saturated carbocycles. The number of benzene rings is 9. The molecule has 1 heterocycles. The van der Waals surface area contributed by atoms with Gasteiger partial charge in [0.15, 0.2) is 0 Å². The number of aromatic nitrogens is 1. The van der Waals surface area contributed by atoms with Gasteiger partial charge in [-0.15, -0.1) is 0 Å². The van der Waals surface area contributed by atoms with Crippen molar-refractivity contribution in [3.05, 3.63) is 248 Å². The van der Waals surface area contributed by atoms with E-state index in [1.807, 2.05) is 0 Å². The molecule has 11 rings (SSSR count). The summed E-state index contributed by atoms with van der Waals surface area (Å²) in [7, 11) is 0. The highest BCUT2D eigenvalue weighted by atomic mass is 15.1. The molecule has 294 valence electrons. The van der Waals surface area contributed by atoms with Gasteiger partial charge in [-0.25, -0.2) is 0 Å². The Balaban J connectivity index is 0.915. The largest absolute Gasteiger partial charge is 0.311 e. The second-order valence-corrected chi connectivity index (χ2v) is 16.1. The second kappa shape index (κ2) is 16.3. The Labute approximate surface area is 363 Å². The molecular formula is C60H44N2. The van der Waals surface area contributed by atoms with Crippen LogP contribution in [0.3, 0.4) is 0 Å². The van der Waals surface area contributed by atoms with Crippen LogP contribution in [0.1, 0.15) is 18.4 Å². The van der Waals surface area contributed by atoms with Gasteiger partial charge in [0.1, 0.15) is 0 Å². The van der Waals surface area contributed by atoms with Gasteiger partial charge < -0.3 is 9.47 Å². The minimum Gasteiger partial charge on any atom is -0.311 e. The summed E-state index contributed by atoms with van der Waals surface area (Å²) in [5.74, 6) is 0. The van der Waals surface area contributed by atoms with Crippen LogP contribution in [0.2, 0.25) is 0 Å². The van der Waals surface area contributed by atoms with Gasteiger partial charge in [-0.1, -0.05) is 170 Å². The molecular weight excluding hydrogens is 749 g/mol. The average molecular weight is 793 g/mol. The smallest absolute Gasteiger partial charge is 0.0541 e. The molecule has 0 N–H and O–H groups in total. The van der Waals surface area contributed by atoms with Gasteiger partial charge in [0.2, 0.25) is 0 Å². The maximum absolute atomic E-state index is 2.39. The van der Waals surface area contributed by atoms with Crippen LogP contribution in [0.15, 0.2) is 243 Å². The van der Waals surface area contributed by atoms with E-state index < -0.39 is 0 Å². The molecule has 1 aromatic heterocycles. The molecule has 62 heavy (non-hydrogen) atoms. The van der Waals surface area contributed by atoms with Crippen molar-refractivity contribution in [3.8, 4) is 50.2 Å². The number of fused-ring (bicyclic) bond motifs is 3. The van der Waals surface area contributed by atoms with E-state index in [2.05, 4.69) is 252 Å². The van der Waals surface area contributed by atoms with E-state index in [0.717, 1.165) is 35.6 Å². The normalized spacial score (nSPS) is 12.4. The molecule has 10 aromatic rings. The average Bonchev–Trinajstić information content (AvgIpc) is 3.69. The van der Waals surface area contributed by atoms with Gasteiger partial charge in [0, 0.05) is 33.5 Å². The van der Waals surface area contributed by atoms with Gasteiger partial charge >= 0.3 is 0 Å². The van der Waals surface area contributed by atoms with E-state index in [1.165, 1.54) is 77.5 Å². The summed E-state index contributed by atoms with van der Waals surface area (Å²) in [5, 5.41) is 2.50. The molecule has 0 saturated heterocycles. The lowest BCUT2D eigenvalue weighted by atomic mass is 9.97. The highest BCUT2D eigenvalue weighted by molar-refractivity contribution is 6.10. The van der Waals surface area contributed by atoms with Crippen LogP contribution < -0.4 is 4.90 Å². The Morgan fingerprint density at radius 3 is 1.37 bits per heavy atom. The fourth-order valence-corrected chi connectivity index (χ4v) is 9.06. The van der Waals surface area contributed by atoms with E-state index >= 15 is 0 Å². The molecule has 2 nitrogen and oxygen atoms in total. The van der Waals surface area contributed by atoms with E-state index in [9.17, 15) is 0 Å². The van der Waals surface area contributed by atoms with E-state index in [0.29, 0.717) is 0 Å². The summed E-state index contributed by atoms with van der Waals surface area (Å²) < 4.78 is 2.39. The first-order chi connectivity index (χ1) is 30.7. The van der Waals surface area contributed by atoms with Crippen LogP contribution in [0.5, 0.6) is 0 Å². The lowest BCUT2D eigenvalue weighted by Crippen LogP contribution is -2.10. The Morgan fingerprint density at radius 2 is 0.774 bits per heavy atom. The Bertz CT molecular complexity index is 3230. The molecule has 0 amide bonds. The van der Waals surface area contributed by atoms with E-state index in [4.69, 9.17) is 0 Å². The molecule has 0 bridgehead atoms. The first-order valence-electron chi connectivity index (χ1n) is 21.6.